The topological polar surface area (TPSA) is 66.0 Å². The van der Waals surface area contributed by atoms with E-state index in [1.807, 2.05) is 13.0 Å². The van der Waals surface area contributed by atoms with E-state index in [9.17, 15) is 14.0 Å². The Morgan fingerprint density at radius 1 is 1.22 bits per heavy atom. The molecule has 0 aromatic heterocycles. The van der Waals surface area contributed by atoms with Gasteiger partial charge >= 0.3 is 0 Å². The fraction of sp³-hybridized carbons (Fsp3) is 0.263. The summed E-state index contributed by atoms with van der Waals surface area (Å²) in [5, 5.41) is 4.83. The zero-order chi connectivity index (χ0) is 19.7. The standard InChI is InChI=1S/C19H18Cl2FN3O2/c1-10(12-7-15(22)14(21)8-13(12)20)23-11(2)19(27)25-9-18(26)24-16-5-3-4-6-17(16)25/h3-8,10-11,23H,9H2,1-2H3,(H,24,26)/p+1/t10-,11+/m1/s1. The van der Waals surface area contributed by atoms with Gasteiger partial charge in [-0.15, -0.1) is 0 Å². The number of benzene rings is 2. The van der Waals surface area contributed by atoms with Gasteiger partial charge in [-0.3, -0.25) is 14.5 Å². The molecular weight excluding hydrogens is 392 g/mol. The number of anilines is 2. The molecule has 2 atom stereocenters. The molecular formula is C19H19Cl2FN3O2+. The number of hydrogen-bond acceptors (Lipinski definition) is 2. The highest BCUT2D eigenvalue weighted by atomic mass is 35.5. The third-order valence-corrected chi connectivity index (χ3v) is 5.15. The van der Waals surface area contributed by atoms with Gasteiger partial charge in [0.1, 0.15) is 18.4 Å². The minimum absolute atomic E-state index is 0.0429. The van der Waals surface area contributed by atoms with Crippen molar-refractivity contribution in [3.8, 4) is 0 Å². The lowest BCUT2D eigenvalue weighted by Gasteiger charge is -2.30. The molecule has 142 valence electrons. The number of nitrogens with two attached hydrogens (primary N) is 1. The van der Waals surface area contributed by atoms with Crippen LogP contribution in [-0.4, -0.2) is 24.4 Å². The number of hydrogen-bond donors (Lipinski definition) is 2. The molecule has 1 aliphatic rings. The van der Waals surface area contributed by atoms with Crippen LogP contribution in [0.2, 0.25) is 10.0 Å². The molecule has 1 heterocycles. The maximum Gasteiger partial charge on any atom is 0.285 e. The summed E-state index contributed by atoms with van der Waals surface area (Å²) in [5.74, 6) is -1.02. The number of para-hydroxylation sites is 2. The second-order valence-electron chi connectivity index (χ2n) is 6.55. The zero-order valence-electron chi connectivity index (χ0n) is 14.8. The summed E-state index contributed by atoms with van der Waals surface area (Å²) in [4.78, 5) is 26.4. The van der Waals surface area contributed by atoms with Crippen molar-refractivity contribution in [2.75, 3.05) is 16.8 Å². The van der Waals surface area contributed by atoms with Crippen molar-refractivity contribution < 1.29 is 19.3 Å². The highest BCUT2D eigenvalue weighted by Gasteiger charge is 2.32. The molecule has 8 heteroatoms. The monoisotopic (exact) mass is 410 g/mol. The first kappa shape index (κ1) is 19.6. The summed E-state index contributed by atoms with van der Waals surface area (Å²) in [6, 6.07) is 8.99. The van der Waals surface area contributed by atoms with Gasteiger partial charge in [-0.2, -0.15) is 0 Å². The Kier molecular flexibility index (Phi) is 5.69. The molecule has 0 unspecified atom stereocenters. The smallest absolute Gasteiger partial charge is 0.285 e. The number of amides is 2. The Bertz CT molecular complexity index is 907. The van der Waals surface area contributed by atoms with Crippen LogP contribution in [-0.2, 0) is 9.59 Å². The number of carbonyl (C=O) groups excluding carboxylic acids is 2. The van der Waals surface area contributed by atoms with Crippen molar-refractivity contribution >= 4 is 46.4 Å². The van der Waals surface area contributed by atoms with Gasteiger partial charge < -0.3 is 10.6 Å². The molecule has 2 aromatic rings. The van der Waals surface area contributed by atoms with Gasteiger partial charge in [-0.25, -0.2) is 4.39 Å². The lowest BCUT2D eigenvalue weighted by Crippen LogP contribution is -2.92. The lowest BCUT2D eigenvalue weighted by molar-refractivity contribution is -0.710. The van der Waals surface area contributed by atoms with Gasteiger partial charge in [0, 0.05) is 5.56 Å². The molecule has 5 nitrogen and oxygen atoms in total. The van der Waals surface area contributed by atoms with Gasteiger partial charge in [0.05, 0.1) is 21.4 Å². The van der Waals surface area contributed by atoms with Crippen LogP contribution in [0.1, 0.15) is 25.5 Å². The molecule has 3 N–H and O–H groups in total. The van der Waals surface area contributed by atoms with E-state index in [2.05, 4.69) is 5.32 Å². The van der Waals surface area contributed by atoms with Gasteiger partial charge in [0.15, 0.2) is 6.04 Å². The molecule has 0 spiro atoms. The Labute approximate surface area is 166 Å². The fourth-order valence-corrected chi connectivity index (χ4v) is 3.74. The van der Waals surface area contributed by atoms with Crippen molar-refractivity contribution in [2.24, 2.45) is 0 Å². The average molecular weight is 411 g/mol. The molecule has 3 rings (SSSR count). The Hall–Kier alpha value is -2.15. The summed E-state index contributed by atoms with van der Waals surface area (Å²) < 4.78 is 13.8. The Morgan fingerprint density at radius 2 is 1.93 bits per heavy atom. The number of rotatable bonds is 4. The summed E-state index contributed by atoms with van der Waals surface area (Å²) in [5.41, 5.74) is 1.81. The summed E-state index contributed by atoms with van der Waals surface area (Å²) >= 11 is 11.9. The molecule has 0 fully saturated rings. The largest absolute Gasteiger partial charge is 0.330 e. The van der Waals surface area contributed by atoms with Crippen molar-refractivity contribution in [3.63, 3.8) is 0 Å². The lowest BCUT2D eigenvalue weighted by atomic mass is 10.1. The van der Waals surface area contributed by atoms with E-state index in [0.717, 1.165) is 0 Å². The highest BCUT2D eigenvalue weighted by Crippen LogP contribution is 2.30. The van der Waals surface area contributed by atoms with E-state index in [0.29, 0.717) is 22.0 Å². The number of fused-ring (bicyclic) bond motifs is 1. The summed E-state index contributed by atoms with van der Waals surface area (Å²) in [7, 11) is 0. The minimum atomic E-state index is -0.558. The third kappa shape index (κ3) is 4.08. The predicted octanol–water partition coefficient (Wildman–Crippen LogP) is 3.13. The quantitative estimate of drug-likeness (QED) is 0.760. The van der Waals surface area contributed by atoms with E-state index in [1.54, 1.807) is 30.4 Å². The van der Waals surface area contributed by atoms with Crippen molar-refractivity contribution in [3.05, 3.63) is 57.8 Å². The van der Waals surface area contributed by atoms with Crippen molar-refractivity contribution in [1.29, 1.82) is 0 Å². The van der Waals surface area contributed by atoms with Crippen molar-refractivity contribution in [1.82, 2.24) is 0 Å². The van der Waals surface area contributed by atoms with Crippen LogP contribution in [0.3, 0.4) is 0 Å². The maximum atomic E-state index is 13.8. The van der Waals surface area contributed by atoms with Crippen LogP contribution in [0.5, 0.6) is 0 Å². The molecule has 0 radical (unpaired) electrons. The van der Waals surface area contributed by atoms with E-state index in [-0.39, 0.29) is 29.4 Å². The number of halogens is 3. The minimum Gasteiger partial charge on any atom is -0.330 e. The van der Waals surface area contributed by atoms with Gasteiger partial charge in [0.2, 0.25) is 5.91 Å². The van der Waals surface area contributed by atoms with Crippen LogP contribution in [0.15, 0.2) is 36.4 Å². The third-order valence-electron chi connectivity index (χ3n) is 4.53. The number of nitrogens with zero attached hydrogens (tertiary/aromatic N) is 1. The number of quaternary nitrogens is 1. The normalized spacial score (nSPS) is 15.7. The van der Waals surface area contributed by atoms with Gasteiger partial charge in [0.25, 0.3) is 5.91 Å². The molecule has 0 bridgehead atoms. The zero-order valence-corrected chi connectivity index (χ0v) is 16.3. The van der Waals surface area contributed by atoms with Crippen LogP contribution < -0.4 is 15.5 Å². The second kappa shape index (κ2) is 7.84. The average Bonchev–Trinajstić information content (AvgIpc) is 2.63. The van der Waals surface area contributed by atoms with Crippen LogP contribution in [0.4, 0.5) is 15.8 Å². The number of nitrogens with one attached hydrogen (secondary N) is 1. The van der Waals surface area contributed by atoms with E-state index >= 15 is 0 Å². The predicted molar refractivity (Wildman–Crippen MR) is 104 cm³/mol. The maximum absolute atomic E-state index is 13.8. The first-order chi connectivity index (χ1) is 12.8. The van der Waals surface area contributed by atoms with Gasteiger partial charge in [-0.1, -0.05) is 35.3 Å². The molecule has 2 amide bonds. The molecule has 1 aliphatic heterocycles. The molecule has 27 heavy (non-hydrogen) atoms. The highest BCUT2D eigenvalue weighted by molar-refractivity contribution is 6.35. The molecule has 0 saturated heterocycles. The summed E-state index contributed by atoms with van der Waals surface area (Å²) in [6.07, 6.45) is 0. The Balaban J connectivity index is 1.78. The van der Waals surface area contributed by atoms with E-state index < -0.39 is 11.9 Å². The summed E-state index contributed by atoms with van der Waals surface area (Å²) in [6.45, 7) is 3.53. The molecule has 2 aromatic carbocycles. The van der Waals surface area contributed by atoms with Gasteiger partial charge in [-0.05, 0) is 38.1 Å². The van der Waals surface area contributed by atoms with E-state index in [4.69, 9.17) is 23.2 Å². The van der Waals surface area contributed by atoms with Crippen LogP contribution in [0, 0.1) is 5.82 Å². The van der Waals surface area contributed by atoms with Crippen LogP contribution >= 0.6 is 23.2 Å². The first-order valence-electron chi connectivity index (χ1n) is 8.47. The van der Waals surface area contributed by atoms with Crippen molar-refractivity contribution in [2.45, 2.75) is 25.9 Å². The molecule has 0 saturated carbocycles. The SMILES string of the molecule is C[C@H]([NH2+][C@H](C)c1cc(F)c(Cl)cc1Cl)C(=O)N1CC(=O)Nc2ccccc21. The fourth-order valence-electron chi connectivity index (χ4n) is 3.18. The second-order valence-corrected chi connectivity index (χ2v) is 7.36. The van der Waals surface area contributed by atoms with E-state index in [1.165, 1.54) is 17.0 Å². The van der Waals surface area contributed by atoms with Crippen LogP contribution in [0.25, 0.3) is 0 Å². The Morgan fingerprint density at radius 3 is 2.67 bits per heavy atom. The number of carbonyl (C=O) groups is 2. The molecule has 0 aliphatic carbocycles. The first-order valence-corrected chi connectivity index (χ1v) is 9.23.